The lowest BCUT2D eigenvalue weighted by atomic mass is 10.2. The summed E-state index contributed by atoms with van der Waals surface area (Å²) in [6.45, 7) is 4.38. The quantitative estimate of drug-likeness (QED) is 0.309. The van der Waals surface area contributed by atoms with E-state index in [2.05, 4.69) is 24.1 Å². The number of benzene rings is 2. The van der Waals surface area contributed by atoms with Crippen LogP contribution in [0.4, 0.5) is 5.69 Å². The molecule has 1 heterocycles. The Labute approximate surface area is 193 Å². The maximum absolute atomic E-state index is 12.6. The summed E-state index contributed by atoms with van der Waals surface area (Å²) in [7, 11) is -3.39. The third-order valence-electron chi connectivity index (χ3n) is 4.00. The zero-order chi connectivity index (χ0) is 21.9. The van der Waals surface area contributed by atoms with Gasteiger partial charge in [-0.1, -0.05) is 37.2 Å². The summed E-state index contributed by atoms with van der Waals surface area (Å²) in [5.74, 6) is 1.69. The number of halogens is 1. The van der Waals surface area contributed by atoms with Crippen LogP contribution in [0.25, 0.3) is 10.2 Å². The molecule has 0 radical (unpaired) electrons. The topological polar surface area (TPSA) is 76.1 Å². The minimum atomic E-state index is -3.39. The van der Waals surface area contributed by atoms with E-state index in [1.54, 1.807) is 29.2 Å². The number of amides is 1. The summed E-state index contributed by atoms with van der Waals surface area (Å²) in [5, 5.41) is 3.54. The minimum absolute atomic E-state index is 0.0759. The number of carbonyl (C=O) groups is 1. The van der Waals surface area contributed by atoms with Gasteiger partial charge in [-0.2, -0.15) is 11.8 Å². The van der Waals surface area contributed by atoms with E-state index in [4.69, 9.17) is 11.6 Å². The van der Waals surface area contributed by atoms with Crippen LogP contribution in [0.2, 0.25) is 5.02 Å². The third-order valence-corrected chi connectivity index (χ3v) is 8.95. The number of carbonyl (C=O) groups excluding carboxylic acids is 1. The van der Waals surface area contributed by atoms with Gasteiger partial charge in [0.05, 0.1) is 25.7 Å². The second-order valence-corrected chi connectivity index (χ2v) is 13.3. The lowest BCUT2D eigenvalue weighted by Gasteiger charge is -2.08. The molecule has 10 heteroatoms. The van der Waals surface area contributed by atoms with E-state index >= 15 is 0 Å². The molecule has 1 aromatic heterocycles. The Morgan fingerprint density at radius 3 is 2.63 bits per heavy atom. The van der Waals surface area contributed by atoms with E-state index < -0.39 is 15.7 Å². The predicted octanol–water partition coefficient (Wildman–Crippen LogP) is 5.84. The van der Waals surface area contributed by atoms with Crippen molar-refractivity contribution in [3.8, 4) is 0 Å². The van der Waals surface area contributed by atoms with E-state index in [0.29, 0.717) is 10.9 Å². The van der Waals surface area contributed by atoms with Crippen LogP contribution in [-0.4, -0.2) is 42.3 Å². The number of anilines is 1. The second kappa shape index (κ2) is 9.91. The fraction of sp³-hybridized carbons (Fsp3) is 0.300. The Morgan fingerprint density at radius 2 is 1.97 bits per heavy atom. The summed E-state index contributed by atoms with van der Waals surface area (Å²) in [6.07, 6.45) is 1.10. The van der Waals surface area contributed by atoms with Gasteiger partial charge in [-0.25, -0.2) is 13.4 Å². The van der Waals surface area contributed by atoms with E-state index in [1.807, 2.05) is 23.9 Å². The fourth-order valence-electron chi connectivity index (χ4n) is 2.56. The number of thioether (sulfide) groups is 2. The summed E-state index contributed by atoms with van der Waals surface area (Å²) >= 11 is 11.4. The van der Waals surface area contributed by atoms with Crippen molar-refractivity contribution in [1.82, 2.24) is 4.98 Å². The molecule has 0 atom stereocenters. The molecule has 0 aliphatic rings. The number of hydrogen-bond acceptors (Lipinski definition) is 7. The molecule has 2 aromatic carbocycles. The Hall–Kier alpha value is -1.26. The predicted molar refractivity (Wildman–Crippen MR) is 130 cm³/mol. The molecule has 0 spiro atoms. The first-order valence-electron chi connectivity index (χ1n) is 9.09. The van der Waals surface area contributed by atoms with Crippen molar-refractivity contribution in [3.63, 3.8) is 0 Å². The van der Waals surface area contributed by atoms with Crippen LogP contribution in [0.3, 0.4) is 0 Å². The summed E-state index contributed by atoms with van der Waals surface area (Å²) < 4.78 is 25.3. The molecule has 0 saturated heterocycles. The molecule has 0 bridgehead atoms. The Morgan fingerprint density at radius 1 is 1.20 bits per heavy atom. The van der Waals surface area contributed by atoms with Gasteiger partial charge >= 0.3 is 0 Å². The molecule has 1 amide bonds. The fourth-order valence-corrected chi connectivity index (χ4v) is 6.56. The van der Waals surface area contributed by atoms with E-state index in [9.17, 15) is 13.2 Å². The number of aromatic nitrogens is 1. The highest BCUT2D eigenvalue weighted by Crippen LogP contribution is 2.32. The van der Waals surface area contributed by atoms with E-state index in [1.165, 1.54) is 18.2 Å². The zero-order valence-electron chi connectivity index (χ0n) is 16.6. The first kappa shape index (κ1) is 23.4. The molecule has 30 heavy (non-hydrogen) atoms. The van der Waals surface area contributed by atoms with Crippen molar-refractivity contribution >= 4 is 78.1 Å². The minimum Gasteiger partial charge on any atom is -0.322 e. The van der Waals surface area contributed by atoms with Crippen molar-refractivity contribution in [2.75, 3.05) is 23.1 Å². The summed E-state index contributed by atoms with van der Waals surface area (Å²) in [5.41, 5.74) is 1.74. The molecule has 3 aromatic rings. The molecule has 0 saturated carbocycles. The lowest BCUT2D eigenvalue weighted by molar-refractivity contribution is 0.102. The number of nitrogens with one attached hydrogen (secondary N) is 1. The monoisotopic (exact) mass is 500 g/mol. The smallest absolute Gasteiger partial charge is 0.257 e. The van der Waals surface area contributed by atoms with Crippen molar-refractivity contribution in [2.45, 2.75) is 28.3 Å². The maximum atomic E-state index is 12.6. The molecule has 0 unspecified atom stereocenters. The Kier molecular flexibility index (Phi) is 7.73. The SMILES string of the molecule is CC(C)SCCSc1nc2ccc(NC(=O)c3ccc(S(C)(=O)=O)cc3Cl)cc2s1. The number of fused-ring (bicyclic) bond motifs is 1. The summed E-state index contributed by atoms with van der Waals surface area (Å²) in [4.78, 5) is 17.3. The average molecular weight is 501 g/mol. The molecule has 5 nitrogen and oxygen atoms in total. The van der Waals surface area contributed by atoms with Gasteiger partial charge in [0.2, 0.25) is 0 Å². The molecule has 160 valence electrons. The number of rotatable bonds is 8. The largest absolute Gasteiger partial charge is 0.322 e. The highest BCUT2D eigenvalue weighted by atomic mass is 35.5. The normalized spacial score (nSPS) is 11.9. The zero-order valence-corrected chi connectivity index (χ0v) is 20.7. The van der Waals surface area contributed by atoms with Crippen LogP contribution in [-0.2, 0) is 9.84 Å². The first-order chi connectivity index (χ1) is 14.1. The van der Waals surface area contributed by atoms with Gasteiger partial charge < -0.3 is 5.32 Å². The van der Waals surface area contributed by atoms with Gasteiger partial charge in [0, 0.05) is 23.4 Å². The third kappa shape index (κ3) is 6.13. The van der Waals surface area contributed by atoms with Gasteiger partial charge in [-0.05, 0) is 41.6 Å². The van der Waals surface area contributed by atoms with Crippen molar-refractivity contribution < 1.29 is 13.2 Å². The van der Waals surface area contributed by atoms with Crippen molar-refractivity contribution in [2.24, 2.45) is 0 Å². The van der Waals surface area contributed by atoms with Gasteiger partial charge in [0.1, 0.15) is 0 Å². The molecular weight excluding hydrogens is 480 g/mol. The standard InChI is InChI=1S/C20H21ClN2O3S4/c1-12(2)27-8-9-28-20-23-17-7-4-13(10-18(17)29-20)22-19(24)15-6-5-14(11-16(15)21)30(3,25)26/h4-7,10-12H,8-9H2,1-3H3,(H,22,24). The van der Waals surface area contributed by atoms with E-state index in [-0.39, 0.29) is 15.5 Å². The lowest BCUT2D eigenvalue weighted by Crippen LogP contribution is -2.12. The van der Waals surface area contributed by atoms with Gasteiger partial charge in [0.25, 0.3) is 5.91 Å². The van der Waals surface area contributed by atoms with Gasteiger partial charge in [-0.15, -0.1) is 11.3 Å². The summed E-state index contributed by atoms with van der Waals surface area (Å²) in [6, 6.07) is 9.65. The molecule has 1 N–H and O–H groups in total. The van der Waals surface area contributed by atoms with Crippen LogP contribution < -0.4 is 5.32 Å². The molecular formula is C20H21ClN2O3S4. The van der Waals surface area contributed by atoms with Gasteiger partial charge in [0.15, 0.2) is 14.2 Å². The van der Waals surface area contributed by atoms with Crippen LogP contribution in [0.1, 0.15) is 24.2 Å². The highest BCUT2D eigenvalue weighted by Gasteiger charge is 2.15. The second-order valence-electron chi connectivity index (χ2n) is 6.80. The van der Waals surface area contributed by atoms with E-state index in [0.717, 1.165) is 32.3 Å². The first-order valence-corrected chi connectivity index (χ1v) is 14.2. The van der Waals surface area contributed by atoms with Crippen molar-refractivity contribution in [1.29, 1.82) is 0 Å². The number of sulfone groups is 1. The Bertz CT molecular complexity index is 1180. The Balaban J connectivity index is 1.70. The molecule has 0 aliphatic carbocycles. The molecule has 0 fully saturated rings. The van der Waals surface area contributed by atoms with Crippen LogP contribution in [0.5, 0.6) is 0 Å². The van der Waals surface area contributed by atoms with Crippen molar-refractivity contribution in [3.05, 3.63) is 47.0 Å². The average Bonchev–Trinajstić information content (AvgIpc) is 3.06. The van der Waals surface area contributed by atoms with Crippen LogP contribution in [0.15, 0.2) is 45.6 Å². The van der Waals surface area contributed by atoms with Gasteiger partial charge in [-0.3, -0.25) is 4.79 Å². The van der Waals surface area contributed by atoms with Crippen LogP contribution >= 0.6 is 46.5 Å². The number of nitrogens with zero attached hydrogens (tertiary/aromatic N) is 1. The molecule has 3 rings (SSSR count). The molecule has 0 aliphatic heterocycles. The number of hydrogen-bond donors (Lipinski definition) is 1. The highest BCUT2D eigenvalue weighted by molar-refractivity contribution is 8.04. The maximum Gasteiger partial charge on any atom is 0.257 e. The van der Waals surface area contributed by atoms with Crippen LogP contribution in [0, 0.1) is 0 Å². The number of thiazole rings is 1.